The van der Waals surface area contributed by atoms with Gasteiger partial charge in [0.25, 0.3) is 0 Å². The first-order valence-corrected chi connectivity index (χ1v) is 8.88. The molecule has 4 nitrogen and oxygen atoms in total. The van der Waals surface area contributed by atoms with Crippen LogP contribution < -0.4 is 0 Å². The molecule has 5 heteroatoms. The summed E-state index contributed by atoms with van der Waals surface area (Å²) in [7, 11) is 0. The van der Waals surface area contributed by atoms with Gasteiger partial charge in [-0.1, -0.05) is 37.1 Å². The van der Waals surface area contributed by atoms with Gasteiger partial charge in [0.2, 0.25) is 0 Å². The molecule has 1 radical (unpaired) electrons. The van der Waals surface area contributed by atoms with Crippen molar-refractivity contribution in [1.29, 1.82) is 0 Å². The quantitative estimate of drug-likeness (QED) is 0.236. The first-order chi connectivity index (χ1) is 11.3. The topological polar surface area (TPSA) is 70.8 Å². The smallest absolute Gasteiger partial charge is 0.792 e. The zero-order valence-electron chi connectivity index (χ0n) is 16.8. The van der Waals surface area contributed by atoms with E-state index in [0.29, 0.717) is 11.8 Å². The van der Waals surface area contributed by atoms with Crippen LogP contribution in [0.25, 0.3) is 0 Å². The summed E-state index contributed by atoms with van der Waals surface area (Å²) < 4.78 is 0. The normalized spacial score (nSPS) is 12.7. The molecular weight excluding hydrogens is 359 g/mol. The molecular formula is C20H36CoN2O2. The van der Waals surface area contributed by atoms with E-state index in [4.69, 9.17) is 0 Å². The van der Waals surface area contributed by atoms with Gasteiger partial charge in [-0.05, 0) is 90.5 Å². The number of rotatable bonds is 10. The van der Waals surface area contributed by atoms with Gasteiger partial charge in [0, 0.05) is 0 Å². The van der Waals surface area contributed by atoms with Gasteiger partial charge in [0.1, 0.15) is 0 Å². The maximum absolute atomic E-state index is 9.77. The second-order valence-electron chi connectivity index (χ2n) is 6.98. The summed E-state index contributed by atoms with van der Waals surface area (Å²) in [6.45, 7) is 12.7. The summed E-state index contributed by atoms with van der Waals surface area (Å²) in [5, 5.41) is 25.0. The Balaban J connectivity index is -0.000000372. The molecule has 0 aromatic heterocycles. The molecule has 25 heavy (non-hydrogen) atoms. The Hall–Kier alpha value is -1.07. The van der Waals surface area contributed by atoms with Crippen LogP contribution in [0.1, 0.15) is 80.1 Å². The molecule has 0 amide bonds. The molecule has 0 fully saturated rings. The fraction of sp³-hybridized carbons (Fsp3) is 0.700. The molecule has 0 saturated heterocycles. The van der Waals surface area contributed by atoms with Crippen molar-refractivity contribution in [1.82, 2.24) is 0 Å². The average Bonchev–Trinajstić information content (AvgIpc) is 2.50. The van der Waals surface area contributed by atoms with Crippen LogP contribution in [0.15, 0.2) is 33.6 Å². The predicted molar refractivity (Wildman–Crippen MR) is 109 cm³/mol. The van der Waals surface area contributed by atoms with E-state index < -0.39 is 0 Å². The molecule has 0 aromatic rings. The third-order valence-electron chi connectivity index (χ3n) is 3.59. The summed E-state index contributed by atoms with van der Waals surface area (Å²) >= 11 is 0. The number of hydrogen-bond donors (Lipinski definition) is 0. The first kappa shape index (κ1) is 28.7. The van der Waals surface area contributed by atoms with E-state index in [2.05, 4.69) is 64.0 Å². The van der Waals surface area contributed by atoms with Gasteiger partial charge in [-0.25, -0.2) is 0 Å². The van der Waals surface area contributed by atoms with Crippen LogP contribution in [0.2, 0.25) is 0 Å². The standard InChI is InChI=1S/2C10H19NO.Co/c2*1-9(2)5-4-6-10(3)7-8-11-12;/h2*5,8,10,12H,4,6-7H2,1-3H3;/q;;+2/p-2/b2*11-8-;. The van der Waals surface area contributed by atoms with Crippen LogP contribution in [0, 0.1) is 22.3 Å². The second kappa shape index (κ2) is 21.0. The van der Waals surface area contributed by atoms with E-state index in [9.17, 15) is 10.4 Å². The molecule has 0 heterocycles. The molecule has 0 N–H and O–H groups in total. The van der Waals surface area contributed by atoms with Crippen molar-refractivity contribution in [3.8, 4) is 0 Å². The SMILES string of the molecule is CC(C)=CCCC(C)C/C=N\[O-].CC(C)=CCCC(C)C/C=N\[O-].[Co+2]. The minimum Gasteiger partial charge on any atom is -0.792 e. The Morgan fingerprint density at radius 1 is 0.760 bits per heavy atom. The van der Waals surface area contributed by atoms with Gasteiger partial charge >= 0.3 is 16.8 Å². The molecule has 0 aliphatic heterocycles. The van der Waals surface area contributed by atoms with Crippen molar-refractivity contribution >= 4 is 12.4 Å². The minimum atomic E-state index is 0. The monoisotopic (exact) mass is 395 g/mol. The van der Waals surface area contributed by atoms with Gasteiger partial charge in [-0.15, -0.1) is 0 Å². The van der Waals surface area contributed by atoms with Crippen molar-refractivity contribution in [2.75, 3.05) is 0 Å². The molecule has 0 aliphatic rings. The largest absolute Gasteiger partial charge is 2.00 e. The van der Waals surface area contributed by atoms with Gasteiger partial charge in [-0.2, -0.15) is 0 Å². The van der Waals surface area contributed by atoms with Crippen LogP contribution in [-0.2, 0) is 16.8 Å². The Bertz CT molecular complexity index is 359. The molecule has 0 spiro atoms. The summed E-state index contributed by atoms with van der Waals surface area (Å²) in [5.74, 6) is 1.14. The maximum atomic E-state index is 9.77. The van der Waals surface area contributed by atoms with Crippen molar-refractivity contribution in [3.05, 3.63) is 33.7 Å². The van der Waals surface area contributed by atoms with E-state index in [1.165, 1.54) is 23.6 Å². The van der Waals surface area contributed by atoms with Crippen LogP contribution >= 0.6 is 0 Å². The van der Waals surface area contributed by atoms with E-state index in [1.807, 2.05) is 0 Å². The zero-order chi connectivity index (χ0) is 18.8. The van der Waals surface area contributed by atoms with Crippen LogP contribution in [0.3, 0.4) is 0 Å². The molecule has 0 saturated carbocycles. The van der Waals surface area contributed by atoms with E-state index in [-0.39, 0.29) is 16.8 Å². The van der Waals surface area contributed by atoms with Gasteiger partial charge < -0.3 is 20.7 Å². The predicted octanol–water partition coefficient (Wildman–Crippen LogP) is 6.65. The van der Waals surface area contributed by atoms with Crippen LogP contribution in [0.4, 0.5) is 0 Å². The Morgan fingerprint density at radius 3 is 1.32 bits per heavy atom. The summed E-state index contributed by atoms with van der Waals surface area (Å²) in [5.41, 5.74) is 2.72. The van der Waals surface area contributed by atoms with Gasteiger partial charge in [-0.3, -0.25) is 0 Å². The third-order valence-corrected chi connectivity index (χ3v) is 3.59. The molecule has 2 atom stereocenters. The molecule has 0 rings (SSSR count). The second-order valence-corrected chi connectivity index (χ2v) is 6.98. The molecule has 147 valence electrons. The fourth-order valence-corrected chi connectivity index (χ4v) is 1.99. The Kier molecular flexibility index (Phi) is 24.1. The number of hydrogen-bond acceptors (Lipinski definition) is 4. The summed E-state index contributed by atoms with van der Waals surface area (Å²) in [6.07, 6.45) is 13.5. The zero-order valence-corrected chi connectivity index (χ0v) is 17.8. The summed E-state index contributed by atoms with van der Waals surface area (Å²) in [4.78, 5) is 0. The molecule has 0 bridgehead atoms. The van der Waals surface area contributed by atoms with Crippen molar-refractivity contribution in [2.24, 2.45) is 22.1 Å². The molecule has 2 unspecified atom stereocenters. The summed E-state index contributed by atoms with van der Waals surface area (Å²) in [6, 6.07) is 0. The van der Waals surface area contributed by atoms with E-state index in [0.717, 1.165) is 38.5 Å². The Morgan fingerprint density at radius 2 is 1.08 bits per heavy atom. The third kappa shape index (κ3) is 28.0. The first-order valence-electron chi connectivity index (χ1n) is 8.88. The van der Waals surface area contributed by atoms with E-state index in [1.54, 1.807) is 0 Å². The number of nitrogens with zero attached hydrogens (tertiary/aromatic N) is 2. The average molecular weight is 395 g/mol. The van der Waals surface area contributed by atoms with Crippen molar-refractivity contribution < 1.29 is 16.8 Å². The minimum absolute atomic E-state index is 0. The van der Waals surface area contributed by atoms with Gasteiger partial charge in [0.15, 0.2) is 0 Å². The van der Waals surface area contributed by atoms with Crippen LogP contribution in [-0.4, -0.2) is 12.4 Å². The van der Waals surface area contributed by atoms with Crippen LogP contribution in [0.5, 0.6) is 0 Å². The van der Waals surface area contributed by atoms with Crippen molar-refractivity contribution in [3.63, 3.8) is 0 Å². The maximum Gasteiger partial charge on any atom is 2.00 e. The molecule has 0 aliphatic carbocycles. The molecule has 0 aromatic carbocycles. The van der Waals surface area contributed by atoms with E-state index >= 15 is 0 Å². The number of allylic oxidation sites excluding steroid dienone is 4. The fourth-order valence-electron chi connectivity index (χ4n) is 1.99. The van der Waals surface area contributed by atoms with Crippen molar-refractivity contribution in [2.45, 2.75) is 80.1 Å². The Labute approximate surface area is 165 Å². The van der Waals surface area contributed by atoms with Gasteiger partial charge in [0.05, 0.1) is 0 Å².